The predicted molar refractivity (Wildman–Crippen MR) is 79.1 cm³/mol. The summed E-state index contributed by atoms with van der Waals surface area (Å²) in [5.41, 5.74) is 1.97. The Labute approximate surface area is 123 Å². The van der Waals surface area contributed by atoms with Crippen LogP contribution in [0.2, 0.25) is 0 Å². The van der Waals surface area contributed by atoms with E-state index >= 15 is 0 Å². The molecule has 1 aliphatic rings. The number of carboxylic acids is 1. The van der Waals surface area contributed by atoms with E-state index in [1.807, 2.05) is 29.2 Å². The lowest BCUT2D eigenvalue weighted by Crippen LogP contribution is -2.20. The molecule has 2 aromatic rings. The van der Waals surface area contributed by atoms with Gasteiger partial charge in [0, 0.05) is 13.1 Å². The van der Waals surface area contributed by atoms with Gasteiger partial charge in [-0.1, -0.05) is 25.1 Å². The van der Waals surface area contributed by atoms with Crippen LogP contribution in [0.1, 0.15) is 35.8 Å². The molecule has 0 aliphatic carbocycles. The highest BCUT2D eigenvalue weighted by Gasteiger charge is 2.25. The number of carbonyl (C=O) groups is 1. The van der Waals surface area contributed by atoms with Crippen LogP contribution in [0.15, 0.2) is 24.3 Å². The Kier molecular flexibility index (Phi) is 3.60. The van der Waals surface area contributed by atoms with Crippen molar-refractivity contribution < 1.29 is 9.90 Å². The molecule has 21 heavy (non-hydrogen) atoms. The van der Waals surface area contributed by atoms with Gasteiger partial charge in [-0.3, -0.25) is 0 Å². The van der Waals surface area contributed by atoms with Gasteiger partial charge in [0.25, 0.3) is 0 Å². The van der Waals surface area contributed by atoms with Gasteiger partial charge in [-0.05, 0) is 30.9 Å². The monoisotopic (exact) mass is 286 g/mol. The third kappa shape index (κ3) is 2.49. The molecule has 1 fully saturated rings. The first-order chi connectivity index (χ1) is 10.2. The normalized spacial score (nSPS) is 14.6. The Morgan fingerprint density at radius 1 is 1.24 bits per heavy atom. The molecule has 0 amide bonds. The summed E-state index contributed by atoms with van der Waals surface area (Å²) in [6.07, 6.45) is 2.98. The zero-order chi connectivity index (χ0) is 14.8. The Morgan fingerprint density at radius 2 is 1.95 bits per heavy atom. The molecule has 1 N–H and O–H groups in total. The first-order valence-corrected chi connectivity index (χ1v) is 7.24. The molecular formula is C15H18N4O2. The van der Waals surface area contributed by atoms with E-state index in [9.17, 15) is 9.90 Å². The Balaban J connectivity index is 2.07. The third-order valence-electron chi connectivity index (χ3n) is 3.79. The Morgan fingerprint density at radius 3 is 2.62 bits per heavy atom. The summed E-state index contributed by atoms with van der Waals surface area (Å²) in [5, 5.41) is 18.0. The molecule has 1 aromatic carbocycles. The molecule has 0 bridgehead atoms. The van der Waals surface area contributed by atoms with Crippen molar-refractivity contribution >= 4 is 11.8 Å². The number of aryl methyl sites for hydroxylation is 1. The maximum Gasteiger partial charge on any atom is 0.360 e. The highest BCUT2D eigenvalue weighted by Crippen LogP contribution is 2.23. The van der Waals surface area contributed by atoms with Gasteiger partial charge in [0.05, 0.1) is 5.69 Å². The fourth-order valence-corrected chi connectivity index (χ4v) is 2.69. The van der Waals surface area contributed by atoms with E-state index in [1.165, 1.54) is 4.80 Å². The highest BCUT2D eigenvalue weighted by atomic mass is 16.4. The van der Waals surface area contributed by atoms with Crippen LogP contribution in [0.25, 0.3) is 5.69 Å². The molecule has 0 unspecified atom stereocenters. The van der Waals surface area contributed by atoms with Crippen molar-refractivity contribution in [3.8, 4) is 5.69 Å². The minimum absolute atomic E-state index is 0.0304. The van der Waals surface area contributed by atoms with Gasteiger partial charge in [0.2, 0.25) is 5.69 Å². The SMILES string of the molecule is CCc1ccccc1-n1nc(C(=O)O)c(N2CCCC2)n1. The van der Waals surface area contributed by atoms with E-state index < -0.39 is 5.97 Å². The van der Waals surface area contributed by atoms with Crippen molar-refractivity contribution in [2.75, 3.05) is 18.0 Å². The summed E-state index contributed by atoms with van der Waals surface area (Å²) in [5.74, 6) is -0.553. The summed E-state index contributed by atoms with van der Waals surface area (Å²) in [4.78, 5) is 14.9. The molecule has 110 valence electrons. The number of rotatable bonds is 4. The zero-order valence-electron chi connectivity index (χ0n) is 12.0. The second-order valence-electron chi connectivity index (χ2n) is 5.14. The molecular weight excluding hydrogens is 268 g/mol. The standard InChI is InChI=1S/C15H18N4O2/c1-2-11-7-3-4-8-12(11)19-16-13(15(20)21)14(17-19)18-9-5-6-10-18/h3-4,7-8H,2,5-6,9-10H2,1H3,(H,20,21). The van der Waals surface area contributed by atoms with Gasteiger partial charge in [-0.2, -0.15) is 0 Å². The average molecular weight is 286 g/mol. The molecule has 1 aromatic heterocycles. The van der Waals surface area contributed by atoms with Crippen LogP contribution in [-0.2, 0) is 6.42 Å². The van der Waals surface area contributed by atoms with E-state index in [1.54, 1.807) is 0 Å². The lowest BCUT2D eigenvalue weighted by Gasteiger charge is -2.13. The molecule has 0 spiro atoms. The molecule has 6 nitrogen and oxygen atoms in total. The van der Waals surface area contributed by atoms with E-state index in [-0.39, 0.29) is 5.69 Å². The number of nitrogens with zero attached hydrogens (tertiary/aromatic N) is 4. The van der Waals surface area contributed by atoms with Gasteiger partial charge in [-0.15, -0.1) is 15.0 Å². The molecule has 1 saturated heterocycles. The largest absolute Gasteiger partial charge is 0.476 e. The first-order valence-electron chi connectivity index (χ1n) is 7.24. The summed E-state index contributed by atoms with van der Waals surface area (Å²) >= 11 is 0. The number of hydrogen-bond acceptors (Lipinski definition) is 4. The van der Waals surface area contributed by atoms with Gasteiger partial charge in [0.15, 0.2) is 5.82 Å². The number of hydrogen-bond donors (Lipinski definition) is 1. The number of aromatic carboxylic acids is 1. The van der Waals surface area contributed by atoms with E-state index in [0.717, 1.165) is 43.6 Å². The Hall–Kier alpha value is -2.37. The maximum absolute atomic E-state index is 11.4. The lowest BCUT2D eigenvalue weighted by atomic mass is 10.1. The summed E-state index contributed by atoms with van der Waals surface area (Å²) in [6, 6.07) is 7.80. The quantitative estimate of drug-likeness (QED) is 0.932. The minimum Gasteiger partial charge on any atom is -0.476 e. The minimum atomic E-state index is -1.03. The van der Waals surface area contributed by atoms with Crippen LogP contribution in [0.4, 0.5) is 5.82 Å². The van der Waals surface area contributed by atoms with Gasteiger partial charge >= 0.3 is 5.97 Å². The van der Waals surface area contributed by atoms with Crippen molar-refractivity contribution in [1.29, 1.82) is 0 Å². The van der Waals surface area contributed by atoms with Crippen LogP contribution >= 0.6 is 0 Å². The first kappa shape index (κ1) is 13.6. The topological polar surface area (TPSA) is 71.2 Å². The number of carboxylic acid groups (broad SMARTS) is 1. The van der Waals surface area contributed by atoms with Gasteiger partial charge in [0.1, 0.15) is 0 Å². The molecule has 6 heteroatoms. The summed E-state index contributed by atoms with van der Waals surface area (Å²) in [7, 11) is 0. The fourth-order valence-electron chi connectivity index (χ4n) is 2.69. The van der Waals surface area contributed by atoms with Crippen LogP contribution < -0.4 is 4.90 Å². The lowest BCUT2D eigenvalue weighted by molar-refractivity contribution is 0.0690. The predicted octanol–water partition coefficient (Wildman–Crippen LogP) is 2.13. The number of aromatic nitrogens is 3. The molecule has 1 aliphatic heterocycles. The maximum atomic E-state index is 11.4. The Bertz CT molecular complexity index is 659. The second kappa shape index (κ2) is 5.55. The number of para-hydroxylation sites is 1. The van der Waals surface area contributed by atoms with E-state index in [2.05, 4.69) is 17.1 Å². The van der Waals surface area contributed by atoms with E-state index in [4.69, 9.17) is 0 Å². The smallest absolute Gasteiger partial charge is 0.360 e. The summed E-state index contributed by atoms with van der Waals surface area (Å²) in [6.45, 7) is 3.74. The van der Waals surface area contributed by atoms with Crippen molar-refractivity contribution in [2.24, 2.45) is 0 Å². The van der Waals surface area contributed by atoms with Gasteiger partial charge in [-0.25, -0.2) is 4.79 Å². The molecule has 0 radical (unpaired) electrons. The second-order valence-corrected chi connectivity index (χ2v) is 5.14. The highest BCUT2D eigenvalue weighted by molar-refractivity contribution is 5.91. The fraction of sp³-hybridized carbons (Fsp3) is 0.400. The van der Waals surface area contributed by atoms with Crippen molar-refractivity contribution in [3.05, 3.63) is 35.5 Å². The third-order valence-corrected chi connectivity index (χ3v) is 3.79. The van der Waals surface area contributed by atoms with Crippen LogP contribution in [-0.4, -0.2) is 39.2 Å². The number of benzene rings is 1. The number of anilines is 1. The van der Waals surface area contributed by atoms with Crippen molar-refractivity contribution in [1.82, 2.24) is 15.0 Å². The zero-order valence-corrected chi connectivity index (χ0v) is 12.0. The van der Waals surface area contributed by atoms with Crippen molar-refractivity contribution in [2.45, 2.75) is 26.2 Å². The van der Waals surface area contributed by atoms with Gasteiger partial charge < -0.3 is 10.0 Å². The molecule has 0 atom stereocenters. The van der Waals surface area contributed by atoms with Crippen LogP contribution in [0.3, 0.4) is 0 Å². The average Bonchev–Trinajstić information content (AvgIpc) is 3.16. The van der Waals surface area contributed by atoms with E-state index in [0.29, 0.717) is 5.82 Å². The van der Waals surface area contributed by atoms with Crippen LogP contribution in [0, 0.1) is 0 Å². The molecule has 3 rings (SSSR count). The molecule has 0 saturated carbocycles. The van der Waals surface area contributed by atoms with Crippen molar-refractivity contribution in [3.63, 3.8) is 0 Å². The molecule has 2 heterocycles. The summed E-state index contributed by atoms with van der Waals surface area (Å²) < 4.78 is 0. The van der Waals surface area contributed by atoms with Crippen LogP contribution in [0.5, 0.6) is 0 Å².